The van der Waals surface area contributed by atoms with Crippen LogP contribution in [0.2, 0.25) is 0 Å². The number of rotatable bonds is 8. The Morgan fingerprint density at radius 1 is 0.812 bits per heavy atom. The Hall–Kier alpha value is -3.02. The van der Waals surface area contributed by atoms with Crippen LogP contribution in [-0.4, -0.2) is 50.0 Å². The maximum atomic E-state index is 13.3. The van der Waals surface area contributed by atoms with Crippen molar-refractivity contribution >= 4 is 11.7 Å². The number of carbonyl (C=O) groups is 2. The van der Waals surface area contributed by atoms with Gasteiger partial charge in [-0.25, -0.2) is 0 Å². The van der Waals surface area contributed by atoms with E-state index in [1.54, 1.807) is 36.4 Å². The Bertz CT molecular complexity index is 920. The van der Waals surface area contributed by atoms with Crippen LogP contribution in [0.1, 0.15) is 72.2 Å². The molecule has 32 heavy (non-hydrogen) atoms. The molecule has 0 atom stereocenters. The van der Waals surface area contributed by atoms with E-state index in [-0.39, 0.29) is 23.8 Å². The smallest absolute Gasteiger partial charge is 0.254 e. The number of benzene rings is 2. The zero-order valence-electron chi connectivity index (χ0n) is 19.6. The van der Waals surface area contributed by atoms with Crippen LogP contribution in [0.4, 0.5) is 0 Å². The Morgan fingerprint density at radius 3 is 1.81 bits per heavy atom. The quantitative estimate of drug-likeness (QED) is 0.534. The van der Waals surface area contributed by atoms with E-state index >= 15 is 0 Å². The summed E-state index contributed by atoms with van der Waals surface area (Å²) >= 11 is 0. The molecular weight excluding hydrogens is 406 g/mol. The molecule has 0 unspecified atom stereocenters. The van der Waals surface area contributed by atoms with Crippen LogP contribution in [0.15, 0.2) is 36.4 Å². The molecule has 6 heteroatoms. The van der Waals surface area contributed by atoms with Crippen LogP contribution in [-0.2, 0) is 0 Å². The third kappa shape index (κ3) is 4.90. The van der Waals surface area contributed by atoms with E-state index in [9.17, 15) is 9.59 Å². The maximum absolute atomic E-state index is 13.3. The zero-order chi connectivity index (χ0) is 23.3. The van der Waals surface area contributed by atoms with Crippen molar-refractivity contribution in [2.45, 2.75) is 58.0 Å². The minimum atomic E-state index is -0.184. The van der Waals surface area contributed by atoms with Gasteiger partial charge in [0.25, 0.3) is 5.91 Å². The minimum absolute atomic E-state index is 0.0266. The molecule has 2 aromatic rings. The fraction of sp³-hybridized carbons (Fsp3) is 0.462. The lowest BCUT2D eigenvalue weighted by molar-refractivity contribution is 0.0555. The minimum Gasteiger partial charge on any atom is -0.493 e. The molecular formula is C26H33NO5. The number of ether oxygens (including phenoxy) is 3. The van der Waals surface area contributed by atoms with Gasteiger partial charge in [0.05, 0.1) is 21.3 Å². The maximum Gasteiger partial charge on any atom is 0.254 e. The summed E-state index contributed by atoms with van der Waals surface area (Å²) in [5.74, 6) is 1.11. The molecule has 0 aromatic heterocycles. The Kier molecular flexibility index (Phi) is 7.78. The lowest BCUT2D eigenvalue weighted by atomic mass is 9.92. The van der Waals surface area contributed by atoms with Gasteiger partial charge in [-0.15, -0.1) is 0 Å². The van der Waals surface area contributed by atoms with Gasteiger partial charge in [0.1, 0.15) is 0 Å². The molecule has 172 valence electrons. The highest BCUT2D eigenvalue weighted by atomic mass is 16.5. The van der Waals surface area contributed by atoms with Crippen molar-refractivity contribution in [2.75, 3.05) is 21.3 Å². The van der Waals surface area contributed by atoms with Crippen molar-refractivity contribution in [3.05, 3.63) is 53.1 Å². The first-order valence-electron chi connectivity index (χ1n) is 11.2. The van der Waals surface area contributed by atoms with E-state index < -0.39 is 0 Å². The molecule has 0 aliphatic heterocycles. The molecule has 0 bridgehead atoms. The number of hydrogen-bond donors (Lipinski definition) is 0. The van der Waals surface area contributed by atoms with Gasteiger partial charge in [0.2, 0.25) is 5.75 Å². The molecule has 1 aliphatic rings. The summed E-state index contributed by atoms with van der Waals surface area (Å²) < 4.78 is 16.0. The molecule has 0 saturated heterocycles. The summed E-state index contributed by atoms with van der Waals surface area (Å²) in [4.78, 5) is 28.4. The lowest BCUT2D eigenvalue weighted by Crippen LogP contribution is -2.45. The highest BCUT2D eigenvalue weighted by molar-refractivity contribution is 6.10. The highest BCUT2D eigenvalue weighted by Crippen LogP contribution is 2.38. The molecule has 0 radical (unpaired) electrons. The summed E-state index contributed by atoms with van der Waals surface area (Å²) in [6, 6.07) is 10.6. The van der Waals surface area contributed by atoms with Gasteiger partial charge in [-0.05, 0) is 51.0 Å². The Balaban J connectivity index is 1.84. The first-order chi connectivity index (χ1) is 15.4. The van der Waals surface area contributed by atoms with Crippen LogP contribution >= 0.6 is 0 Å². The van der Waals surface area contributed by atoms with Gasteiger partial charge in [0, 0.05) is 28.8 Å². The fourth-order valence-electron chi connectivity index (χ4n) is 4.47. The van der Waals surface area contributed by atoms with Crippen LogP contribution in [0.5, 0.6) is 17.2 Å². The SMILES string of the molecule is COc1cc(C(=O)c2ccc(C(=O)N(C(C)C)C3CCCCC3)cc2)cc(OC)c1OC. The number of hydrogen-bond acceptors (Lipinski definition) is 5. The summed E-state index contributed by atoms with van der Waals surface area (Å²) in [6.45, 7) is 4.13. The van der Waals surface area contributed by atoms with Crippen molar-refractivity contribution in [2.24, 2.45) is 0 Å². The first kappa shape index (κ1) is 23.6. The lowest BCUT2D eigenvalue weighted by Gasteiger charge is -2.37. The zero-order valence-corrected chi connectivity index (χ0v) is 19.6. The molecule has 0 heterocycles. The summed E-state index contributed by atoms with van der Waals surface area (Å²) in [6.07, 6.45) is 5.70. The van der Waals surface area contributed by atoms with Gasteiger partial charge in [0.15, 0.2) is 17.3 Å². The summed E-state index contributed by atoms with van der Waals surface area (Å²) in [5, 5.41) is 0. The van der Waals surface area contributed by atoms with Crippen molar-refractivity contribution in [1.29, 1.82) is 0 Å². The van der Waals surface area contributed by atoms with Gasteiger partial charge in [-0.1, -0.05) is 31.4 Å². The van der Waals surface area contributed by atoms with E-state index in [2.05, 4.69) is 13.8 Å². The van der Waals surface area contributed by atoms with Crippen molar-refractivity contribution in [1.82, 2.24) is 4.90 Å². The predicted molar refractivity (Wildman–Crippen MR) is 124 cm³/mol. The van der Waals surface area contributed by atoms with E-state index in [1.807, 2.05) is 4.90 Å². The van der Waals surface area contributed by atoms with Gasteiger partial charge in [-0.2, -0.15) is 0 Å². The number of methoxy groups -OCH3 is 3. The number of amides is 1. The van der Waals surface area contributed by atoms with Gasteiger partial charge < -0.3 is 19.1 Å². The molecule has 1 saturated carbocycles. The number of ketones is 1. The largest absolute Gasteiger partial charge is 0.493 e. The topological polar surface area (TPSA) is 65.1 Å². The average Bonchev–Trinajstić information content (AvgIpc) is 2.83. The van der Waals surface area contributed by atoms with E-state index in [4.69, 9.17) is 14.2 Å². The molecule has 1 aliphatic carbocycles. The molecule has 1 fully saturated rings. The second kappa shape index (κ2) is 10.5. The third-order valence-corrected chi connectivity index (χ3v) is 6.08. The molecule has 2 aromatic carbocycles. The summed E-state index contributed by atoms with van der Waals surface area (Å²) in [5.41, 5.74) is 1.51. The van der Waals surface area contributed by atoms with Crippen LogP contribution < -0.4 is 14.2 Å². The van der Waals surface area contributed by atoms with Crippen LogP contribution in [0, 0.1) is 0 Å². The van der Waals surface area contributed by atoms with Crippen molar-refractivity contribution in [3.8, 4) is 17.2 Å². The van der Waals surface area contributed by atoms with E-state index in [1.165, 1.54) is 40.6 Å². The van der Waals surface area contributed by atoms with Gasteiger partial charge >= 0.3 is 0 Å². The van der Waals surface area contributed by atoms with Crippen molar-refractivity contribution in [3.63, 3.8) is 0 Å². The molecule has 6 nitrogen and oxygen atoms in total. The van der Waals surface area contributed by atoms with Gasteiger partial charge in [-0.3, -0.25) is 9.59 Å². The van der Waals surface area contributed by atoms with E-state index in [0.29, 0.717) is 33.9 Å². The molecule has 0 N–H and O–H groups in total. The molecule has 3 rings (SSSR count). The fourth-order valence-corrected chi connectivity index (χ4v) is 4.47. The molecule has 0 spiro atoms. The highest BCUT2D eigenvalue weighted by Gasteiger charge is 2.28. The number of nitrogens with zero attached hydrogens (tertiary/aromatic N) is 1. The average molecular weight is 440 g/mol. The molecule has 1 amide bonds. The van der Waals surface area contributed by atoms with E-state index in [0.717, 1.165) is 12.8 Å². The monoisotopic (exact) mass is 439 g/mol. The predicted octanol–water partition coefficient (Wildman–Crippen LogP) is 5.13. The summed E-state index contributed by atoms with van der Waals surface area (Å²) in [7, 11) is 4.54. The first-order valence-corrected chi connectivity index (χ1v) is 11.2. The second-order valence-corrected chi connectivity index (χ2v) is 8.42. The third-order valence-electron chi connectivity index (χ3n) is 6.08. The van der Waals surface area contributed by atoms with Crippen LogP contribution in [0.25, 0.3) is 0 Å². The Morgan fingerprint density at radius 2 is 1.34 bits per heavy atom. The van der Waals surface area contributed by atoms with Crippen molar-refractivity contribution < 1.29 is 23.8 Å². The second-order valence-electron chi connectivity index (χ2n) is 8.42. The Labute approximate surface area is 190 Å². The standard InChI is InChI=1S/C26H33NO5/c1-17(2)27(21-9-7-6-8-10-21)26(29)19-13-11-18(12-14-19)24(28)20-15-22(30-3)25(32-5)23(16-20)31-4/h11-17,21H,6-10H2,1-5H3. The normalized spacial score (nSPS) is 14.2. The van der Waals surface area contributed by atoms with Crippen LogP contribution in [0.3, 0.4) is 0 Å². The number of carbonyl (C=O) groups excluding carboxylic acids is 2.